The number of rotatable bonds is 7. The number of hydrogen-bond acceptors (Lipinski definition) is 5. The number of anilines is 1. The lowest BCUT2D eigenvalue weighted by molar-refractivity contribution is -0.119. The van der Waals surface area contributed by atoms with Crippen LogP contribution in [0.2, 0.25) is 5.15 Å². The molecule has 6 nitrogen and oxygen atoms in total. The molecule has 1 N–H and O–H groups in total. The average molecular weight is 508 g/mol. The maximum atomic E-state index is 12.8. The Balaban J connectivity index is 1.38. The third-order valence-corrected chi connectivity index (χ3v) is 8.46. The Morgan fingerprint density at radius 1 is 1.39 bits per heavy atom. The summed E-state index contributed by atoms with van der Waals surface area (Å²) in [7, 11) is 0. The highest BCUT2D eigenvalue weighted by atomic mass is 79.9. The van der Waals surface area contributed by atoms with Crippen molar-refractivity contribution in [2.24, 2.45) is 23.2 Å². The van der Waals surface area contributed by atoms with E-state index in [1.165, 1.54) is 11.1 Å². The molecule has 3 aliphatic carbocycles. The number of hydrogen-bond donors (Lipinski definition) is 1. The Bertz CT molecular complexity index is 1050. The lowest BCUT2D eigenvalue weighted by Crippen LogP contribution is -2.58. The Morgan fingerprint density at radius 3 is 2.84 bits per heavy atom. The van der Waals surface area contributed by atoms with Gasteiger partial charge in [0.05, 0.1) is 11.9 Å². The largest absolute Gasteiger partial charge is 0.380 e. The number of carbonyl (C=O) groups is 1. The lowest BCUT2D eigenvalue weighted by atomic mass is 9.45. The van der Waals surface area contributed by atoms with Crippen LogP contribution in [0.1, 0.15) is 45.6 Å². The third-order valence-electron chi connectivity index (χ3n) is 7.49. The van der Waals surface area contributed by atoms with E-state index in [0.29, 0.717) is 51.4 Å². The predicted octanol–water partition coefficient (Wildman–Crippen LogP) is 4.74. The number of pyridine rings is 1. The zero-order valence-corrected chi connectivity index (χ0v) is 20.4. The van der Waals surface area contributed by atoms with E-state index in [9.17, 15) is 9.59 Å². The van der Waals surface area contributed by atoms with Crippen molar-refractivity contribution in [3.63, 3.8) is 0 Å². The molecule has 2 heterocycles. The Labute approximate surface area is 195 Å². The van der Waals surface area contributed by atoms with E-state index in [2.05, 4.69) is 52.1 Å². The molecule has 3 fully saturated rings. The fraction of sp³-hybridized carbons (Fsp3) is 0.565. The number of halogens is 2. The number of aryl methyl sites for hydroxylation is 1. The Morgan fingerprint density at radius 2 is 2.16 bits per heavy atom. The van der Waals surface area contributed by atoms with Crippen LogP contribution in [0.3, 0.4) is 0 Å². The van der Waals surface area contributed by atoms with Gasteiger partial charge in [-0.2, -0.15) is 5.10 Å². The molecule has 2 aromatic heterocycles. The fourth-order valence-corrected chi connectivity index (χ4v) is 5.96. The highest BCUT2D eigenvalue weighted by Gasteiger charge is 2.56. The second kappa shape index (κ2) is 8.66. The smallest absolute Gasteiger partial charge is 0.283 e. The minimum atomic E-state index is -0.292. The van der Waals surface area contributed by atoms with Gasteiger partial charge < -0.3 is 5.32 Å². The predicted molar refractivity (Wildman–Crippen MR) is 125 cm³/mol. The topological polar surface area (TPSA) is 76.9 Å². The summed E-state index contributed by atoms with van der Waals surface area (Å²) in [6, 6.07) is 3.91. The van der Waals surface area contributed by atoms with Crippen molar-refractivity contribution < 1.29 is 4.79 Å². The van der Waals surface area contributed by atoms with Crippen LogP contribution in [0.25, 0.3) is 0 Å². The maximum Gasteiger partial charge on any atom is 0.283 e. The van der Waals surface area contributed by atoms with E-state index < -0.39 is 0 Å². The monoisotopic (exact) mass is 506 g/mol. The first-order valence-corrected chi connectivity index (χ1v) is 12.0. The van der Waals surface area contributed by atoms with E-state index in [1.807, 2.05) is 6.07 Å². The van der Waals surface area contributed by atoms with Gasteiger partial charge in [-0.1, -0.05) is 32.4 Å². The van der Waals surface area contributed by atoms with Crippen LogP contribution >= 0.6 is 27.5 Å². The molecule has 0 unspecified atom stereocenters. The SMILES string of the molecule is C[C@H]1[C@H](Nc2cnn(CC(=O)CCc3ccnc(Cl)c3)c(=O)c2Br)C[C@H]2C[C@@H]1C2(C)C. The summed E-state index contributed by atoms with van der Waals surface area (Å²) in [5, 5.41) is 8.21. The fourth-order valence-electron chi connectivity index (χ4n) is 5.35. The molecule has 0 spiro atoms. The Kier molecular flexibility index (Phi) is 6.28. The molecule has 31 heavy (non-hydrogen) atoms. The molecule has 8 heteroatoms. The molecule has 2 bridgehead atoms. The van der Waals surface area contributed by atoms with Crippen molar-refractivity contribution in [2.45, 2.75) is 59.0 Å². The molecule has 166 valence electrons. The zero-order valence-electron chi connectivity index (χ0n) is 18.1. The molecule has 0 aromatic carbocycles. The lowest BCUT2D eigenvalue weighted by Gasteiger charge is -2.62. The van der Waals surface area contributed by atoms with Crippen LogP contribution in [0.4, 0.5) is 5.69 Å². The van der Waals surface area contributed by atoms with Gasteiger partial charge >= 0.3 is 0 Å². The van der Waals surface area contributed by atoms with Gasteiger partial charge in [-0.25, -0.2) is 9.67 Å². The van der Waals surface area contributed by atoms with Gasteiger partial charge in [0.15, 0.2) is 5.78 Å². The Hall–Kier alpha value is -1.73. The molecule has 3 saturated carbocycles. The van der Waals surface area contributed by atoms with Gasteiger partial charge in [0.1, 0.15) is 16.2 Å². The van der Waals surface area contributed by atoms with Crippen LogP contribution < -0.4 is 10.9 Å². The standard InChI is InChI=1S/C23H28BrClN4O2/c1-13-17-9-15(23(17,2)3)10-18(13)28-19-11-27-29(22(31)21(19)24)12-16(30)5-4-14-6-7-26-20(25)8-14/h6-8,11,13,15,17-18,28H,4-5,9-10,12H2,1-3H3/t13-,15-,17+,18-/m1/s1. The minimum absolute atomic E-state index is 0.0469. The summed E-state index contributed by atoms with van der Waals surface area (Å²) in [5.41, 5.74) is 1.77. The molecular formula is C23H28BrClN4O2. The van der Waals surface area contributed by atoms with Gasteiger partial charge in [-0.05, 0) is 76.1 Å². The molecule has 3 aliphatic rings. The van der Waals surface area contributed by atoms with Gasteiger partial charge in [-0.3, -0.25) is 9.59 Å². The highest BCUT2D eigenvalue weighted by Crippen LogP contribution is 2.61. The molecule has 4 atom stereocenters. The summed E-state index contributed by atoms with van der Waals surface area (Å²) in [6.45, 7) is 7.00. The number of ketones is 1. The average Bonchev–Trinajstić information content (AvgIpc) is 2.73. The van der Waals surface area contributed by atoms with Crippen molar-refractivity contribution in [1.82, 2.24) is 14.8 Å². The van der Waals surface area contributed by atoms with Crippen molar-refractivity contribution >= 4 is 39.0 Å². The summed E-state index contributed by atoms with van der Waals surface area (Å²) < 4.78 is 1.66. The molecule has 0 amide bonds. The van der Waals surface area contributed by atoms with Crippen molar-refractivity contribution in [3.05, 3.63) is 50.1 Å². The van der Waals surface area contributed by atoms with E-state index in [0.717, 1.165) is 17.9 Å². The molecular weight excluding hydrogens is 480 g/mol. The van der Waals surface area contributed by atoms with Crippen LogP contribution in [0, 0.1) is 23.2 Å². The summed E-state index contributed by atoms with van der Waals surface area (Å²) in [6.07, 6.45) is 6.55. The number of aromatic nitrogens is 3. The van der Waals surface area contributed by atoms with E-state index >= 15 is 0 Å². The summed E-state index contributed by atoms with van der Waals surface area (Å²) in [4.78, 5) is 29.1. The van der Waals surface area contributed by atoms with Crippen molar-refractivity contribution in [3.8, 4) is 0 Å². The zero-order chi connectivity index (χ0) is 22.3. The highest BCUT2D eigenvalue weighted by molar-refractivity contribution is 9.10. The van der Waals surface area contributed by atoms with Crippen LogP contribution in [0.15, 0.2) is 33.8 Å². The second-order valence-electron chi connectivity index (χ2n) is 9.57. The van der Waals surface area contributed by atoms with Gasteiger partial charge in [-0.15, -0.1) is 0 Å². The number of carbonyl (C=O) groups excluding carboxylic acids is 1. The van der Waals surface area contributed by atoms with Crippen molar-refractivity contribution in [1.29, 1.82) is 0 Å². The summed E-state index contributed by atoms with van der Waals surface area (Å²) >= 11 is 9.31. The van der Waals surface area contributed by atoms with E-state index in [4.69, 9.17) is 11.6 Å². The van der Waals surface area contributed by atoms with Gasteiger partial charge in [0, 0.05) is 18.7 Å². The van der Waals surface area contributed by atoms with Crippen LogP contribution in [-0.2, 0) is 17.8 Å². The summed E-state index contributed by atoms with van der Waals surface area (Å²) in [5.74, 6) is 1.92. The molecule has 2 aromatic rings. The maximum absolute atomic E-state index is 12.8. The normalized spacial score (nSPS) is 26.2. The molecule has 0 aliphatic heterocycles. The number of nitrogens with one attached hydrogen (secondary N) is 1. The van der Waals surface area contributed by atoms with Crippen LogP contribution in [-0.4, -0.2) is 26.6 Å². The quantitative estimate of drug-likeness (QED) is 0.548. The van der Waals surface area contributed by atoms with Crippen LogP contribution in [0.5, 0.6) is 0 Å². The molecule has 5 rings (SSSR count). The number of nitrogens with zero attached hydrogens (tertiary/aromatic N) is 3. The number of Topliss-reactive ketones (excluding diaryl/α,β-unsaturated/α-hetero) is 1. The first-order chi connectivity index (χ1) is 14.7. The molecule has 0 radical (unpaired) electrons. The molecule has 0 saturated heterocycles. The second-order valence-corrected chi connectivity index (χ2v) is 10.7. The first kappa shape index (κ1) is 22.5. The van der Waals surface area contributed by atoms with Crippen molar-refractivity contribution in [2.75, 3.05) is 5.32 Å². The van der Waals surface area contributed by atoms with E-state index in [1.54, 1.807) is 18.5 Å². The first-order valence-electron chi connectivity index (χ1n) is 10.8. The van der Waals surface area contributed by atoms with Gasteiger partial charge in [0.2, 0.25) is 0 Å². The third kappa shape index (κ3) is 4.44. The van der Waals surface area contributed by atoms with Gasteiger partial charge in [0.25, 0.3) is 5.56 Å². The number of fused-ring (bicyclic) bond motifs is 2. The minimum Gasteiger partial charge on any atom is -0.380 e. The van der Waals surface area contributed by atoms with E-state index in [-0.39, 0.29) is 17.9 Å².